The molecule has 0 fully saturated rings. The highest BCUT2D eigenvalue weighted by Gasteiger charge is 2.13. The maximum absolute atomic E-state index is 9.81. The van der Waals surface area contributed by atoms with Crippen LogP contribution in [0.25, 0.3) is 11.0 Å². The molecule has 2 aromatic heterocycles. The van der Waals surface area contributed by atoms with Crippen molar-refractivity contribution in [2.24, 2.45) is 0 Å². The van der Waals surface area contributed by atoms with E-state index >= 15 is 0 Å². The van der Waals surface area contributed by atoms with Gasteiger partial charge >= 0.3 is 0 Å². The van der Waals surface area contributed by atoms with Crippen molar-refractivity contribution in [2.75, 3.05) is 6.61 Å². The second-order valence-corrected chi connectivity index (χ2v) is 11.7. The van der Waals surface area contributed by atoms with Crippen LogP contribution in [0, 0.1) is 0 Å². The molecule has 104 valence electrons. The average molecular weight is 300 g/mol. The van der Waals surface area contributed by atoms with Crippen molar-refractivity contribution in [3.8, 4) is 5.75 Å². The minimum Gasteiger partial charge on any atom is -0.506 e. The number of aromatic nitrogens is 3. The van der Waals surface area contributed by atoms with E-state index in [1.54, 1.807) is 16.8 Å². The molecule has 0 radical (unpaired) electrons. The molecule has 0 aromatic carbocycles. The van der Waals surface area contributed by atoms with Crippen LogP contribution in [0.2, 0.25) is 30.8 Å². The lowest BCUT2D eigenvalue weighted by atomic mass is 10.4. The third-order valence-corrected chi connectivity index (χ3v) is 4.69. The summed E-state index contributed by atoms with van der Waals surface area (Å²) in [6, 6.07) is 2.70. The molecule has 19 heavy (non-hydrogen) atoms. The summed E-state index contributed by atoms with van der Waals surface area (Å²) in [4.78, 5) is 0. The highest BCUT2D eigenvalue weighted by molar-refractivity contribution is 6.76. The van der Waals surface area contributed by atoms with Gasteiger partial charge in [0, 0.05) is 14.7 Å². The predicted octanol–water partition coefficient (Wildman–Crippen LogP) is 3.10. The Bertz CT molecular complexity index is 580. The third-order valence-electron chi connectivity index (χ3n) is 2.80. The Balaban J connectivity index is 2.05. The van der Waals surface area contributed by atoms with Gasteiger partial charge in [-0.2, -0.15) is 0 Å². The van der Waals surface area contributed by atoms with E-state index in [1.807, 2.05) is 0 Å². The van der Waals surface area contributed by atoms with Gasteiger partial charge in [0.25, 0.3) is 0 Å². The van der Waals surface area contributed by atoms with Crippen molar-refractivity contribution >= 4 is 30.7 Å². The summed E-state index contributed by atoms with van der Waals surface area (Å²) in [6.07, 6.45) is 1.59. The highest BCUT2D eigenvalue weighted by Crippen LogP contribution is 2.26. The molecule has 0 atom stereocenters. The number of ether oxygens (including phenoxy) is 1. The molecule has 0 bridgehead atoms. The molecule has 0 saturated carbocycles. The molecule has 2 heterocycles. The Labute approximate surface area is 118 Å². The topological polar surface area (TPSA) is 60.2 Å². The molecule has 2 rings (SSSR count). The summed E-state index contributed by atoms with van der Waals surface area (Å²) in [5.41, 5.74) is 0.579. The first-order chi connectivity index (χ1) is 8.87. The second kappa shape index (κ2) is 5.48. The SMILES string of the molecule is C[Si](C)(C)CCOCn1cc(O)c2cc(Cl)nnc21. The largest absolute Gasteiger partial charge is 0.506 e. The van der Waals surface area contributed by atoms with Crippen molar-refractivity contribution in [3.63, 3.8) is 0 Å². The van der Waals surface area contributed by atoms with Crippen LogP contribution in [-0.4, -0.2) is 34.6 Å². The fourth-order valence-corrected chi connectivity index (χ4v) is 2.58. The van der Waals surface area contributed by atoms with Crippen molar-refractivity contribution in [1.29, 1.82) is 0 Å². The van der Waals surface area contributed by atoms with Gasteiger partial charge in [-0.1, -0.05) is 31.2 Å². The Morgan fingerprint density at radius 3 is 2.79 bits per heavy atom. The van der Waals surface area contributed by atoms with Crippen LogP contribution in [0.3, 0.4) is 0 Å². The summed E-state index contributed by atoms with van der Waals surface area (Å²) >= 11 is 5.76. The second-order valence-electron chi connectivity index (χ2n) is 5.74. The van der Waals surface area contributed by atoms with E-state index in [0.29, 0.717) is 17.8 Å². The lowest BCUT2D eigenvalue weighted by Crippen LogP contribution is -2.22. The number of halogens is 1. The van der Waals surface area contributed by atoms with Crippen LogP contribution in [0.1, 0.15) is 0 Å². The Morgan fingerprint density at radius 1 is 1.37 bits per heavy atom. The van der Waals surface area contributed by atoms with Crippen LogP contribution in [0.4, 0.5) is 0 Å². The normalized spacial score (nSPS) is 12.2. The van der Waals surface area contributed by atoms with Gasteiger partial charge in [-0.3, -0.25) is 0 Å². The summed E-state index contributed by atoms with van der Waals surface area (Å²) in [6.45, 7) is 8.00. The molecular formula is C12H18ClN3O2Si. The molecule has 0 aliphatic heterocycles. The maximum atomic E-state index is 9.81. The first-order valence-corrected chi connectivity index (χ1v) is 10.2. The monoisotopic (exact) mass is 299 g/mol. The summed E-state index contributed by atoms with van der Waals surface area (Å²) in [5.74, 6) is 0.139. The summed E-state index contributed by atoms with van der Waals surface area (Å²) in [5, 5.41) is 18.4. The Morgan fingerprint density at radius 2 is 2.11 bits per heavy atom. The van der Waals surface area contributed by atoms with Crippen molar-refractivity contribution in [3.05, 3.63) is 17.4 Å². The van der Waals surface area contributed by atoms with Crippen LogP contribution < -0.4 is 0 Å². The molecule has 5 nitrogen and oxygen atoms in total. The number of hydrogen-bond acceptors (Lipinski definition) is 4. The lowest BCUT2D eigenvalue weighted by molar-refractivity contribution is 0.0895. The zero-order chi connectivity index (χ0) is 14.0. The van der Waals surface area contributed by atoms with E-state index in [4.69, 9.17) is 16.3 Å². The summed E-state index contributed by atoms with van der Waals surface area (Å²) < 4.78 is 7.37. The zero-order valence-corrected chi connectivity index (χ0v) is 13.1. The molecule has 7 heteroatoms. The minimum absolute atomic E-state index is 0.139. The van der Waals surface area contributed by atoms with Gasteiger partial charge in [0.05, 0.1) is 11.6 Å². The molecule has 0 spiro atoms. The first-order valence-electron chi connectivity index (χ1n) is 6.15. The van der Waals surface area contributed by atoms with E-state index < -0.39 is 8.07 Å². The van der Waals surface area contributed by atoms with E-state index in [1.165, 1.54) is 0 Å². The van der Waals surface area contributed by atoms with Crippen LogP contribution in [-0.2, 0) is 11.5 Å². The number of aromatic hydroxyl groups is 1. The molecule has 0 saturated heterocycles. The fourth-order valence-electron chi connectivity index (χ4n) is 1.68. The van der Waals surface area contributed by atoms with Crippen LogP contribution in [0.15, 0.2) is 12.3 Å². The number of hydrogen-bond donors (Lipinski definition) is 1. The van der Waals surface area contributed by atoms with Crippen molar-refractivity contribution < 1.29 is 9.84 Å². The lowest BCUT2D eigenvalue weighted by Gasteiger charge is -2.15. The summed E-state index contributed by atoms with van der Waals surface area (Å²) in [7, 11) is -1.08. The third kappa shape index (κ3) is 3.68. The molecule has 0 aliphatic rings. The quantitative estimate of drug-likeness (QED) is 0.681. The van der Waals surface area contributed by atoms with Crippen molar-refractivity contribution in [1.82, 2.24) is 14.8 Å². The van der Waals surface area contributed by atoms with Crippen molar-refractivity contribution in [2.45, 2.75) is 32.4 Å². The van der Waals surface area contributed by atoms with Crippen LogP contribution >= 0.6 is 11.6 Å². The molecule has 1 N–H and O–H groups in total. The number of fused-ring (bicyclic) bond motifs is 1. The average Bonchev–Trinajstić information content (AvgIpc) is 2.60. The molecule has 0 unspecified atom stereocenters. The van der Waals surface area contributed by atoms with Gasteiger partial charge < -0.3 is 14.4 Å². The molecule has 0 amide bonds. The standard InChI is InChI=1S/C12H18ClN3O2Si/c1-19(2,3)5-4-18-8-16-7-10(17)9-6-11(13)14-15-12(9)16/h6-7,17H,4-5,8H2,1-3H3. The highest BCUT2D eigenvalue weighted by atomic mass is 35.5. The van der Waals surface area contributed by atoms with Gasteiger partial charge in [0.1, 0.15) is 12.5 Å². The number of rotatable bonds is 5. The fraction of sp³-hybridized carbons (Fsp3) is 0.500. The first kappa shape index (κ1) is 14.3. The number of nitrogens with zero attached hydrogens (tertiary/aromatic N) is 3. The van der Waals surface area contributed by atoms with Gasteiger partial charge in [0.15, 0.2) is 10.8 Å². The predicted molar refractivity (Wildman–Crippen MR) is 78.3 cm³/mol. The Kier molecular flexibility index (Phi) is 4.12. The smallest absolute Gasteiger partial charge is 0.168 e. The molecule has 0 aliphatic carbocycles. The van der Waals surface area contributed by atoms with Crippen LogP contribution in [0.5, 0.6) is 5.75 Å². The van der Waals surface area contributed by atoms with Gasteiger partial charge in [0.2, 0.25) is 0 Å². The Hall–Kier alpha value is -1.11. The zero-order valence-electron chi connectivity index (χ0n) is 11.4. The van der Waals surface area contributed by atoms with E-state index in [2.05, 4.69) is 29.8 Å². The van der Waals surface area contributed by atoms with Gasteiger partial charge in [-0.05, 0) is 12.1 Å². The minimum atomic E-state index is -1.08. The van der Waals surface area contributed by atoms with Gasteiger partial charge in [-0.15, -0.1) is 10.2 Å². The maximum Gasteiger partial charge on any atom is 0.168 e. The molecule has 2 aromatic rings. The van der Waals surface area contributed by atoms with Gasteiger partial charge in [-0.25, -0.2) is 0 Å². The van der Waals surface area contributed by atoms with E-state index in [9.17, 15) is 5.11 Å². The molecular weight excluding hydrogens is 282 g/mol. The van der Waals surface area contributed by atoms with E-state index in [-0.39, 0.29) is 10.9 Å². The van der Waals surface area contributed by atoms with E-state index in [0.717, 1.165) is 12.7 Å².